The van der Waals surface area contributed by atoms with Gasteiger partial charge < -0.3 is 51.8 Å². The second kappa shape index (κ2) is 20.8. The van der Waals surface area contributed by atoms with Crippen LogP contribution in [-0.4, -0.2) is 105 Å². The third-order valence-electron chi connectivity index (χ3n) is 7.89. The molecule has 2 rings (SSSR count). The first kappa shape index (κ1) is 39.9. The fourth-order valence-corrected chi connectivity index (χ4v) is 5.20. The zero-order valence-corrected chi connectivity index (χ0v) is 28.3. The number of esters is 1. The summed E-state index contributed by atoms with van der Waals surface area (Å²) >= 11 is 0. The number of hydrogen-bond donors (Lipinski definition) is 6. The molecule has 1 saturated heterocycles. The van der Waals surface area contributed by atoms with Gasteiger partial charge in [0, 0.05) is 31.4 Å². The second-order valence-electron chi connectivity index (χ2n) is 12.0. The highest BCUT2D eigenvalue weighted by molar-refractivity contribution is 5.98. The summed E-state index contributed by atoms with van der Waals surface area (Å²) in [4.78, 5) is 76.2. The second-order valence-corrected chi connectivity index (χ2v) is 12.0. The van der Waals surface area contributed by atoms with Gasteiger partial charge >= 0.3 is 12.0 Å². The van der Waals surface area contributed by atoms with Crippen molar-refractivity contribution in [3.63, 3.8) is 0 Å². The molecule has 6 amide bonds. The van der Waals surface area contributed by atoms with E-state index in [2.05, 4.69) is 21.3 Å². The minimum Gasteiger partial charge on any atom is -0.469 e. The van der Waals surface area contributed by atoms with Crippen molar-refractivity contribution >= 4 is 41.3 Å². The molecule has 268 valence electrons. The zero-order valence-electron chi connectivity index (χ0n) is 28.3. The van der Waals surface area contributed by atoms with Gasteiger partial charge in [0.25, 0.3) is 0 Å². The Balaban J connectivity index is 1.82. The minimum atomic E-state index is -0.974. The van der Waals surface area contributed by atoms with Gasteiger partial charge in [-0.2, -0.15) is 0 Å². The van der Waals surface area contributed by atoms with Crippen LogP contribution in [-0.2, 0) is 44.7 Å². The highest BCUT2D eigenvalue weighted by Crippen LogP contribution is 2.24. The van der Waals surface area contributed by atoms with E-state index in [4.69, 9.17) is 25.7 Å². The fraction of sp³-hybridized carbons (Fsp3) is 0.625. The van der Waals surface area contributed by atoms with Gasteiger partial charge in [-0.3, -0.25) is 24.0 Å². The van der Waals surface area contributed by atoms with Crippen LogP contribution in [0, 0.1) is 11.8 Å². The molecular formula is C32H51N7O9. The van der Waals surface area contributed by atoms with Crippen LogP contribution in [0.15, 0.2) is 24.3 Å². The van der Waals surface area contributed by atoms with Gasteiger partial charge in [0.05, 0.1) is 26.2 Å². The summed E-state index contributed by atoms with van der Waals surface area (Å²) in [6.45, 7) is 5.95. The number of piperidine rings is 1. The average molecular weight is 678 g/mol. The molecule has 16 heteroatoms. The average Bonchev–Trinajstić information content (AvgIpc) is 3.05. The van der Waals surface area contributed by atoms with Crippen LogP contribution in [0.4, 0.5) is 10.5 Å². The van der Waals surface area contributed by atoms with Crippen molar-refractivity contribution in [2.75, 3.05) is 51.9 Å². The van der Waals surface area contributed by atoms with Crippen LogP contribution in [0.5, 0.6) is 0 Å². The van der Waals surface area contributed by atoms with Crippen molar-refractivity contribution in [1.29, 1.82) is 0 Å². The van der Waals surface area contributed by atoms with Crippen LogP contribution in [0.1, 0.15) is 52.0 Å². The Bertz CT molecular complexity index is 1230. The minimum absolute atomic E-state index is 0.0348. The number of carbonyl (C=O) groups excluding carboxylic acids is 6. The molecule has 16 nitrogen and oxygen atoms in total. The Morgan fingerprint density at radius 2 is 1.65 bits per heavy atom. The number of likely N-dealkylation sites (tertiary alicyclic amines) is 1. The molecule has 48 heavy (non-hydrogen) atoms. The highest BCUT2D eigenvalue weighted by Gasteiger charge is 2.33. The molecule has 3 unspecified atom stereocenters. The number of rotatable bonds is 19. The Labute approximate surface area is 281 Å². The number of methoxy groups -OCH3 is 1. The summed E-state index contributed by atoms with van der Waals surface area (Å²) < 4.78 is 15.6. The number of ether oxygens (including phenoxy) is 3. The maximum atomic E-state index is 13.3. The molecule has 4 atom stereocenters. The third kappa shape index (κ3) is 13.8. The Morgan fingerprint density at radius 1 is 0.979 bits per heavy atom. The predicted molar refractivity (Wildman–Crippen MR) is 176 cm³/mol. The maximum Gasteiger partial charge on any atom is 0.312 e. The van der Waals surface area contributed by atoms with E-state index in [-0.39, 0.29) is 69.1 Å². The van der Waals surface area contributed by atoms with Gasteiger partial charge in [-0.25, -0.2) is 4.79 Å². The number of nitrogens with two attached hydrogens (primary N) is 2. The smallest absolute Gasteiger partial charge is 0.312 e. The van der Waals surface area contributed by atoms with Crippen molar-refractivity contribution < 1.29 is 43.0 Å². The standard InChI is InChI=1S/C32H51N7O9/c1-20(2)28(30(43)37-25(6-5-12-35-32(34)45)29(42)36-24-9-7-22(17-33)8-10-24)38-26(40)18-47-14-15-48-19-27(41)39-13-11-23(16-21(39)3)31(44)46-4/h7-10,20-21,23,25,28H,5-6,11-19,33H2,1-4H3,(H,36,42)(H,37,43)(H,38,40)(H3,34,35,45)/t21?,23?,25-,28?/m0/s1. The van der Waals surface area contributed by atoms with Crippen LogP contribution in [0.2, 0.25) is 0 Å². The molecule has 1 aliphatic rings. The number of benzene rings is 1. The lowest BCUT2D eigenvalue weighted by Gasteiger charge is -2.36. The van der Waals surface area contributed by atoms with Crippen molar-refractivity contribution in [3.05, 3.63) is 29.8 Å². The summed E-state index contributed by atoms with van der Waals surface area (Å²) in [5.74, 6) is -2.60. The quantitative estimate of drug-likeness (QED) is 0.0847. The van der Waals surface area contributed by atoms with Crippen LogP contribution >= 0.6 is 0 Å². The maximum absolute atomic E-state index is 13.3. The van der Waals surface area contributed by atoms with Crippen LogP contribution < -0.4 is 32.7 Å². The normalized spacial score (nSPS) is 17.2. The number of nitrogens with zero attached hydrogens (tertiary/aromatic N) is 1. The van der Waals surface area contributed by atoms with Crippen LogP contribution in [0.25, 0.3) is 0 Å². The molecule has 0 aliphatic carbocycles. The van der Waals surface area contributed by atoms with E-state index in [1.165, 1.54) is 7.11 Å². The summed E-state index contributed by atoms with van der Waals surface area (Å²) in [5, 5.41) is 10.6. The highest BCUT2D eigenvalue weighted by atomic mass is 16.5. The monoisotopic (exact) mass is 677 g/mol. The van der Waals surface area contributed by atoms with E-state index in [9.17, 15) is 28.8 Å². The van der Waals surface area contributed by atoms with Gasteiger partial charge in [0.2, 0.25) is 23.6 Å². The van der Waals surface area contributed by atoms with E-state index in [1.54, 1.807) is 43.0 Å². The first-order valence-electron chi connectivity index (χ1n) is 16.1. The molecule has 1 heterocycles. The fourth-order valence-electron chi connectivity index (χ4n) is 5.20. The van der Waals surface area contributed by atoms with Crippen molar-refractivity contribution in [2.24, 2.45) is 23.3 Å². The summed E-state index contributed by atoms with van der Waals surface area (Å²) in [5.41, 5.74) is 12.2. The lowest BCUT2D eigenvalue weighted by Crippen LogP contribution is -2.55. The van der Waals surface area contributed by atoms with E-state index in [0.29, 0.717) is 38.0 Å². The lowest BCUT2D eigenvalue weighted by atomic mass is 9.91. The first-order chi connectivity index (χ1) is 22.9. The lowest BCUT2D eigenvalue weighted by molar-refractivity contribution is -0.151. The number of urea groups is 1. The van der Waals surface area contributed by atoms with E-state index >= 15 is 0 Å². The summed E-state index contributed by atoms with van der Waals surface area (Å²) in [6, 6.07) is 4.18. The molecule has 1 fully saturated rings. The SMILES string of the molecule is COC(=O)C1CCN(C(=O)COCCOCC(=O)NC(C(=O)N[C@@H](CCCNC(N)=O)C(=O)Nc2ccc(CN)cc2)C(C)C)C(C)C1. The molecule has 1 aromatic rings. The number of carbonyl (C=O) groups is 6. The van der Waals surface area contributed by atoms with E-state index in [0.717, 1.165) is 5.56 Å². The first-order valence-corrected chi connectivity index (χ1v) is 16.1. The van der Waals surface area contributed by atoms with Gasteiger partial charge in [0.1, 0.15) is 25.3 Å². The predicted octanol–water partition coefficient (Wildman–Crippen LogP) is -0.00880. The van der Waals surface area contributed by atoms with E-state index < -0.39 is 35.8 Å². The Hall–Kier alpha value is -4.28. The van der Waals surface area contributed by atoms with Crippen molar-refractivity contribution in [3.8, 4) is 0 Å². The largest absolute Gasteiger partial charge is 0.469 e. The number of amides is 6. The molecule has 1 aliphatic heterocycles. The van der Waals surface area contributed by atoms with E-state index in [1.807, 2.05) is 6.92 Å². The molecule has 0 saturated carbocycles. The van der Waals surface area contributed by atoms with Gasteiger partial charge in [-0.05, 0) is 56.2 Å². The molecule has 0 aromatic heterocycles. The summed E-state index contributed by atoms with van der Waals surface area (Å²) in [6.07, 6.45) is 1.59. The Morgan fingerprint density at radius 3 is 2.23 bits per heavy atom. The number of hydrogen-bond acceptors (Lipinski definition) is 10. The molecule has 0 bridgehead atoms. The molecule has 8 N–H and O–H groups in total. The number of primary amides is 1. The zero-order chi connectivity index (χ0) is 35.6. The topological polar surface area (TPSA) is 234 Å². The number of nitrogens with one attached hydrogen (secondary N) is 4. The van der Waals surface area contributed by atoms with Crippen LogP contribution in [0.3, 0.4) is 0 Å². The van der Waals surface area contributed by atoms with Gasteiger partial charge in [0.15, 0.2) is 0 Å². The van der Waals surface area contributed by atoms with Gasteiger partial charge in [-0.1, -0.05) is 26.0 Å². The molecular weight excluding hydrogens is 626 g/mol. The Kier molecular flexibility index (Phi) is 17.3. The van der Waals surface area contributed by atoms with Gasteiger partial charge in [-0.15, -0.1) is 0 Å². The molecule has 0 spiro atoms. The number of anilines is 1. The molecule has 0 radical (unpaired) electrons. The van der Waals surface area contributed by atoms with Crippen molar-refractivity contribution in [2.45, 2.75) is 71.1 Å². The van der Waals surface area contributed by atoms with Crippen molar-refractivity contribution in [1.82, 2.24) is 20.9 Å². The molecule has 1 aromatic carbocycles. The summed E-state index contributed by atoms with van der Waals surface area (Å²) in [7, 11) is 1.35. The third-order valence-corrected chi connectivity index (χ3v) is 7.89.